The molecular weight excluding hydrogens is 314 g/mol. The molecule has 0 spiro atoms. The summed E-state index contributed by atoms with van der Waals surface area (Å²) in [5.41, 5.74) is 0.385. The summed E-state index contributed by atoms with van der Waals surface area (Å²) >= 11 is 0. The van der Waals surface area contributed by atoms with Gasteiger partial charge in [0.05, 0.1) is 0 Å². The van der Waals surface area contributed by atoms with Crippen molar-refractivity contribution < 1.29 is 9.53 Å². The first kappa shape index (κ1) is 18.1. The number of nitrogens with zero attached hydrogens (tertiary/aromatic N) is 1. The van der Waals surface area contributed by atoms with E-state index in [2.05, 4.69) is 50.9 Å². The molecule has 4 heteroatoms. The van der Waals surface area contributed by atoms with Gasteiger partial charge in [-0.2, -0.15) is 0 Å². The predicted molar refractivity (Wildman–Crippen MR) is 102 cm³/mol. The van der Waals surface area contributed by atoms with Crippen LogP contribution in [-0.2, 0) is 10.0 Å². The van der Waals surface area contributed by atoms with Crippen LogP contribution in [0.3, 0.4) is 0 Å². The second-order valence-corrected chi connectivity index (χ2v) is 14.0. The summed E-state index contributed by atoms with van der Waals surface area (Å²) in [6, 6.07) is 10.7. The van der Waals surface area contributed by atoms with Gasteiger partial charge in [-0.1, -0.05) is 51.1 Å². The predicted octanol–water partition coefficient (Wildman–Crippen LogP) is 3.99. The Morgan fingerprint density at radius 2 is 1.92 bits per heavy atom. The van der Waals surface area contributed by atoms with Crippen LogP contribution in [0.25, 0.3) is 0 Å². The maximum absolute atomic E-state index is 11.3. The van der Waals surface area contributed by atoms with Crippen LogP contribution in [0, 0.1) is 5.92 Å². The molecule has 4 rings (SSSR count). The van der Waals surface area contributed by atoms with Crippen LogP contribution < -0.4 is 0 Å². The lowest BCUT2D eigenvalue weighted by Crippen LogP contribution is -2.62. The van der Waals surface area contributed by atoms with Crippen molar-refractivity contribution >= 4 is 8.32 Å². The molecule has 3 saturated heterocycles. The van der Waals surface area contributed by atoms with Crippen molar-refractivity contribution in [2.45, 2.75) is 63.4 Å². The molecule has 3 aliphatic rings. The van der Waals surface area contributed by atoms with E-state index in [1.54, 1.807) is 0 Å². The Morgan fingerprint density at radius 1 is 1.25 bits per heavy atom. The summed E-state index contributed by atoms with van der Waals surface area (Å²) in [4.78, 5) is 2.46. The Labute approximate surface area is 148 Å². The summed E-state index contributed by atoms with van der Waals surface area (Å²) in [6.45, 7) is 14.2. The lowest BCUT2D eigenvalue weighted by atomic mass is 9.69. The SMILES string of the molecule is CC(C)(C)[Si](C)(C)OC[C@H]1C[C@@H]2CCN1C[C@]2(O)c1ccccc1. The van der Waals surface area contributed by atoms with Gasteiger partial charge < -0.3 is 9.53 Å². The molecule has 0 amide bonds. The summed E-state index contributed by atoms with van der Waals surface area (Å²) in [7, 11) is -1.71. The van der Waals surface area contributed by atoms with Crippen molar-refractivity contribution in [3.8, 4) is 0 Å². The summed E-state index contributed by atoms with van der Waals surface area (Å²) < 4.78 is 6.48. The maximum atomic E-state index is 11.3. The molecule has 1 aromatic rings. The van der Waals surface area contributed by atoms with Gasteiger partial charge in [0.25, 0.3) is 0 Å². The smallest absolute Gasteiger partial charge is 0.192 e. The van der Waals surface area contributed by atoms with E-state index in [1.165, 1.54) is 0 Å². The minimum Gasteiger partial charge on any atom is -0.415 e. The Balaban J connectivity index is 1.68. The topological polar surface area (TPSA) is 32.7 Å². The van der Waals surface area contributed by atoms with Gasteiger partial charge >= 0.3 is 0 Å². The zero-order valence-electron chi connectivity index (χ0n) is 15.9. The summed E-state index contributed by atoms with van der Waals surface area (Å²) in [5, 5.41) is 11.6. The fraction of sp³-hybridized carbons (Fsp3) is 0.700. The Hall–Kier alpha value is -0.683. The van der Waals surface area contributed by atoms with Crippen LogP contribution in [0.2, 0.25) is 18.1 Å². The number of rotatable bonds is 4. The summed E-state index contributed by atoms with van der Waals surface area (Å²) in [6.07, 6.45) is 2.13. The second kappa shape index (κ2) is 6.24. The lowest BCUT2D eigenvalue weighted by Gasteiger charge is -2.55. The average Bonchev–Trinajstić information content (AvgIpc) is 2.53. The van der Waals surface area contributed by atoms with Gasteiger partial charge in [-0.15, -0.1) is 0 Å². The molecule has 2 bridgehead atoms. The first-order chi connectivity index (χ1) is 11.1. The molecule has 0 aromatic heterocycles. The normalized spacial score (nSPS) is 33.7. The first-order valence-electron chi connectivity index (χ1n) is 9.29. The Kier molecular flexibility index (Phi) is 4.71. The van der Waals surface area contributed by atoms with Crippen LogP contribution in [0.5, 0.6) is 0 Å². The van der Waals surface area contributed by atoms with E-state index in [4.69, 9.17) is 4.43 Å². The van der Waals surface area contributed by atoms with E-state index >= 15 is 0 Å². The van der Waals surface area contributed by atoms with Gasteiger partial charge in [0.2, 0.25) is 0 Å². The van der Waals surface area contributed by atoms with E-state index in [1.807, 2.05) is 18.2 Å². The van der Waals surface area contributed by atoms with Crippen molar-refractivity contribution in [2.75, 3.05) is 19.7 Å². The highest BCUT2D eigenvalue weighted by Crippen LogP contribution is 2.45. The molecule has 3 aliphatic heterocycles. The fourth-order valence-electron chi connectivity index (χ4n) is 3.93. The minimum atomic E-state index is -1.71. The van der Waals surface area contributed by atoms with Crippen LogP contribution >= 0.6 is 0 Å². The maximum Gasteiger partial charge on any atom is 0.192 e. The number of aliphatic hydroxyl groups is 1. The molecule has 3 fully saturated rings. The van der Waals surface area contributed by atoms with Crippen LogP contribution in [-0.4, -0.2) is 44.1 Å². The van der Waals surface area contributed by atoms with E-state index in [0.717, 1.165) is 38.1 Å². The third kappa shape index (κ3) is 3.21. The van der Waals surface area contributed by atoms with E-state index in [-0.39, 0.29) is 5.04 Å². The number of benzene rings is 1. The van der Waals surface area contributed by atoms with Gasteiger partial charge in [-0.05, 0) is 49.0 Å². The average molecular weight is 348 g/mol. The van der Waals surface area contributed by atoms with Crippen LogP contribution in [0.15, 0.2) is 30.3 Å². The molecule has 134 valence electrons. The largest absolute Gasteiger partial charge is 0.415 e. The van der Waals surface area contributed by atoms with Gasteiger partial charge in [-0.3, -0.25) is 4.90 Å². The number of hydrogen-bond acceptors (Lipinski definition) is 3. The Bertz CT molecular complexity index is 569. The van der Waals surface area contributed by atoms with Crippen LogP contribution in [0.4, 0.5) is 0 Å². The summed E-state index contributed by atoms with van der Waals surface area (Å²) in [5.74, 6) is 0.345. The van der Waals surface area contributed by atoms with E-state index in [0.29, 0.717) is 12.0 Å². The molecule has 0 saturated carbocycles. The molecule has 3 heterocycles. The van der Waals surface area contributed by atoms with Gasteiger partial charge in [-0.25, -0.2) is 0 Å². The van der Waals surface area contributed by atoms with Gasteiger partial charge in [0.1, 0.15) is 5.60 Å². The number of fused-ring (bicyclic) bond motifs is 3. The second-order valence-electron chi connectivity index (χ2n) is 9.21. The van der Waals surface area contributed by atoms with Gasteiger partial charge in [0.15, 0.2) is 8.32 Å². The standard InChI is InChI=1S/C20H33NO2Si/c1-19(2,3)24(4,5)23-14-18-13-17-11-12-21(18)15-20(17,22)16-9-7-6-8-10-16/h6-10,17-18,22H,11-15H2,1-5H3/t17-,18+,20-/m0/s1. The van der Waals surface area contributed by atoms with Gasteiger partial charge in [0, 0.05) is 19.2 Å². The molecular formula is C20H33NO2Si. The highest BCUT2D eigenvalue weighted by molar-refractivity contribution is 6.74. The van der Waals surface area contributed by atoms with Crippen molar-refractivity contribution in [2.24, 2.45) is 5.92 Å². The van der Waals surface area contributed by atoms with Crippen molar-refractivity contribution in [3.05, 3.63) is 35.9 Å². The quantitative estimate of drug-likeness (QED) is 0.836. The van der Waals surface area contributed by atoms with E-state index in [9.17, 15) is 5.11 Å². The fourth-order valence-corrected chi connectivity index (χ4v) is 4.97. The molecule has 0 radical (unpaired) electrons. The van der Waals surface area contributed by atoms with Crippen LogP contribution in [0.1, 0.15) is 39.2 Å². The first-order valence-corrected chi connectivity index (χ1v) is 12.2. The number of piperidine rings is 3. The molecule has 24 heavy (non-hydrogen) atoms. The molecule has 1 unspecified atom stereocenters. The molecule has 1 N–H and O–H groups in total. The molecule has 0 aliphatic carbocycles. The highest BCUT2D eigenvalue weighted by atomic mass is 28.4. The zero-order chi connectivity index (χ0) is 17.6. The zero-order valence-corrected chi connectivity index (χ0v) is 16.9. The minimum absolute atomic E-state index is 0.251. The monoisotopic (exact) mass is 347 g/mol. The van der Waals surface area contributed by atoms with Crippen molar-refractivity contribution in [1.82, 2.24) is 4.90 Å². The Morgan fingerprint density at radius 3 is 2.46 bits per heavy atom. The third-order valence-electron chi connectivity index (χ3n) is 6.67. The van der Waals surface area contributed by atoms with Crippen molar-refractivity contribution in [3.63, 3.8) is 0 Å². The molecule has 3 nitrogen and oxygen atoms in total. The third-order valence-corrected chi connectivity index (χ3v) is 11.2. The number of hydrogen-bond donors (Lipinski definition) is 1. The molecule has 1 aromatic carbocycles. The lowest BCUT2D eigenvalue weighted by molar-refractivity contribution is -0.144. The van der Waals surface area contributed by atoms with E-state index < -0.39 is 13.9 Å². The molecule has 4 atom stereocenters. The highest BCUT2D eigenvalue weighted by Gasteiger charge is 2.50. The van der Waals surface area contributed by atoms with Crippen molar-refractivity contribution in [1.29, 1.82) is 0 Å².